The monoisotopic (exact) mass is 281 g/mol. The molecule has 3 rings (SSSR count). The standard InChI is InChI=1S/C13H15NO4S/c1-13(2)17-9-8(6-15)16-11(10(9)18-13)12-7(5-14)3-4-19-12/h3-4,8-11,15H,6H2,1-2H3/t8-,9-,10-,11-/m1/s1. The fraction of sp³-hybridized carbons (Fsp3) is 0.615. The third kappa shape index (κ3) is 2.08. The molecule has 1 aromatic rings. The molecule has 6 heteroatoms. The van der Waals surface area contributed by atoms with Gasteiger partial charge in [-0.15, -0.1) is 11.3 Å². The molecule has 2 aliphatic rings. The van der Waals surface area contributed by atoms with Crippen molar-refractivity contribution in [3.63, 3.8) is 0 Å². The van der Waals surface area contributed by atoms with E-state index in [4.69, 9.17) is 19.5 Å². The van der Waals surface area contributed by atoms with Crippen LogP contribution >= 0.6 is 11.3 Å². The summed E-state index contributed by atoms with van der Waals surface area (Å²) in [6.45, 7) is 3.57. The molecule has 0 bridgehead atoms. The summed E-state index contributed by atoms with van der Waals surface area (Å²) in [6, 6.07) is 3.93. The Morgan fingerprint density at radius 1 is 1.42 bits per heavy atom. The van der Waals surface area contributed by atoms with Crippen LogP contribution in [0.5, 0.6) is 0 Å². The molecule has 0 unspecified atom stereocenters. The minimum Gasteiger partial charge on any atom is -0.394 e. The molecular formula is C13H15NO4S. The van der Waals surface area contributed by atoms with Crippen molar-refractivity contribution < 1.29 is 19.3 Å². The summed E-state index contributed by atoms with van der Waals surface area (Å²) in [7, 11) is 0. The van der Waals surface area contributed by atoms with Gasteiger partial charge in [0.15, 0.2) is 5.79 Å². The molecule has 0 aliphatic carbocycles. The SMILES string of the molecule is CC1(C)O[C@@H]2[C@H](O1)[C@@H](CO)O[C@H]2c1sccc1C#N. The maximum Gasteiger partial charge on any atom is 0.164 e. The van der Waals surface area contributed by atoms with Crippen LogP contribution in [0.3, 0.4) is 0 Å². The zero-order valence-corrected chi connectivity index (χ0v) is 11.5. The highest BCUT2D eigenvalue weighted by atomic mass is 32.1. The van der Waals surface area contributed by atoms with Gasteiger partial charge in [-0.25, -0.2) is 0 Å². The normalized spacial score (nSPS) is 36.1. The van der Waals surface area contributed by atoms with Crippen LogP contribution in [0, 0.1) is 11.3 Å². The highest BCUT2D eigenvalue weighted by molar-refractivity contribution is 7.10. The quantitative estimate of drug-likeness (QED) is 0.891. The molecule has 2 saturated heterocycles. The first kappa shape index (κ1) is 13.0. The van der Waals surface area contributed by atoms with Gasteiger partial charge in [-0.3, -0.25) is 0 Å². The molecular weight excluding hydrogens is 266 g/mol. The average Bonchev–Trinajstić information content (AvgIpc) is 3.00. The van der Waals surface area contributed by atoms with E-state index in [-0.39, 0.29) is 24.9 Å². The summed E-state index contributed by atoms with van der Waals surface area (Å²) in [5.41, 5.74) is 0.598. The number of nitrogens with zero attached hydrogens (tertiary/aromatic N) is 1. The summed E-state index contributed by atoms with van der Waals surface area (Å²) in [4.78, 5) is 0.842. The molecule has 2 fully saturated rings. The highest BCUT2D eigenvalue weighted by Crippen LogP contribution is 2.46. The fourth-order valence-electron chi connectivity index (χ4n) is 2.67. The van der Waals surface area contributed by atoms with Crippen LogP contribution in [0.2, 0.25) is 0 Å². The lowest BCUT2D eigenvalue weighted by Gasteiger charge is -2.23. The van der Waals surface area contributed by atoms with Crippen molar-refractivity contribution in [3.8, 4) is 6.07 Å². The summed E-state index contributed by atoms with van der Waals surface area (Å²) < 4.78 is 17.5. The predicted molar refractivity (Wildman–Crippen MR) is 67.6 cm³/mol. The van der Waals surface area contributed by atoms with Gasteiger partial charge >= 0.3 is 0 Å². The lowest BCUT2D eigenvalue weighted by molar-refractivity contribution is -0.190. The van der Waals surface area contributed by atoms with Crippen molar-refractivity contribution >= 4 is 11.3 Å². The highest BCUT2D eigenvalue weighted by Gasteiger charge is 2.55. The molecule has 1 N–H and O–H groups in total. The van der Waals surface area contributed by atoms with E-state index >= 15 is 0 Å². The van der Waals surface area contributed by atoms with Crippen LogP contribution in [-0.4, -0.2) is 35.8 Å². The van der Waals surface area contributed by atoms with E-state index < -0.39 is 11.9 Å². The molecule has 19 heavy (non-hydrogen) atoms. The molecule has 1 aromatic heterocycles. The maximum absolute atomic E-state index is 9.40. The Balaban J connectivity index is 1.93. The second-order valence-corrected chi connectivity index (χ2v) is 6.10. The Bertz CT molecular complexity index is 521. The second kappa shape index (κ2) is 4.54. The smallest absolute Gasteiger partial charge is 0.164 e. The first-order chi connectivity index (χ1) is 9.05. The third-order valence-corrected chi connectivity index (χ3v) is 4.38. The van der Waals surface area contributed by atoms with E-state index in [1.807, 2.05) is 19.2 Å². The average molecular weight is 281 g/mol. The van der Waals surface area contributed by atoms with Crippen molar-refractivity contribution in [1.82, 2.24) is 0 Å². The molecule has 0 amide bonds. The lowest BCUT2D eigenvalue weighted by Crippen LogP contribution is -2.31. The van der Waals surface area contributed by atoms with Crippen LogP contribution < -0.4 is 0 Å². The third-order valence-electron chi connectivity index (χ3n) is 3.40. The Morgan fingerprint density at radius 3 is 2.84 bits per heavy atom. The van der Waals surface area contributed by atoms with Gasteiger partial charge in [0.05, 0.1) is 17.0 Å². The molecule has 0 radical (unpaired) electrons. The molecule has 3 heterocycles. The summed E-state index contributed by atoms with van der Waals surface area (Å²) in [5.74, 6) is -0.686. The van der Waals surface area contributed by atoms with Gasteiger partial charge in [-0.05, 0) is 25.3 Å². The first-order valence-electron chi connectivity index (χ1n) is 6.15. The van der Waals surface area contributed by atoms with Crippen molar-refractivity contribution in [1.29, 1.82) is 5.26 Å². The van der Waals surface area contributed by atoms with Crippen molar-refractivity contribution in [3.05, 3.63) is 21.9 Å². The Morgan fingerprint density at radius 2 is 2.16 bits per heavy atom. The van der Waals surface area contributed by atoms with Gasteiger partial charge in [-0.1, -0.05) is 0 Å². The van der Waals surface area contributed by atoms with Gasteiger partial charge < -0.3 is 19.3 Å². The van der Waals surface area contributed by atoms with Crippen LogP contribution in [0.25, 0.3) is 0 Å². The fourth-order valence-corrected chi connectivity index (χ4v) is 3.59. The molecule has 2 aliphatic heterocycles. The van der Waals surface area contributed by atoms with Crippen LogP contribution in [0.1, 0.15) is 30.4 Å². The summed E-state index contributed by atoms with van der Waals surface area (Å²) in [5, 5.41) is 20.4. The zero-order chi connectivity index (χ0) is 13.6. The zero-order valence-electron chi connectivity index (χ0n) is 10.7. The van der Waals surface area contributed by atoms with E-state index in [9.17, 15) is 5.11 Å². The number of nitriles is 1. The van der Waals surface area contributed by atoms with E-state index in [0.717, 1.165) is 4.88 Å². The van der Waals surface area contributed by atoms with E-state index in [1.54, 1.807) is 6.07 Å². The van der Waals surface area contributed by atoms with Gasteiger partial charge in [0.25, 0.3) is 0 Å². The van der Waals surface area contributed by atoms with Crippen molar-refractivity contribution in [2.24, 2.45) is 0 Å². The van der Waals surface area contributed by atoms with E-state index in [1.165, 1.54) is 11.3 Å². The Labute approximate surface area is 115 Å². The molecule has 5 nitrogen and oxygen atoms in total. The second-order valence-electron chi connectivity index (χ2n) is 5.15. The number of rotatable bonds is 2. The number of hydrogen-bond acceptors (Lipinski definition) is 6. The molecule has 0 saturated carbocycles. The molecule has 0 aromatic carbocycles. The Kier molecular flexibility index (Phi) is 3.12. The number of thiophene rings is 1. The van der Waals surface area contributed by atoms with Crippen molar-refractivity contribution in [2.75, 3.05) is 6.61 Å². The van der Waals surface area contributed by atoms with Crippen LogP contribution in [0.15, 0.2) is 11.4 Å². The minimum absolute atomic E-state index is 0.121. The topological polar surface area (TPSA) is 71.7 Å². The van der Waals surface area contributed by atoms with Gasteiger partial charge in [0.1, 0.15) is 30.5 Å². The van der Waals surface area contributed by atoms with E-state index in [2.05, 4.69) is 6.07 Å². The maximum atomic E-state index is 9.40. The number of ether oxygens (including phenoxy) is 3. The predicted octanol–water partition coefficient (Wildman–Crippen LogP) is 1.57. The largest absolute Gasteiger partial charge is 0.394 e. The van der Waals surface area contributed by atoms with Crippen LogP contribution in [-0.2, 0) is 14.2 Å². The Hall–Kier alpha value is -0.970. The summed E-state index contributed by atoms with van der Waals surface area (Å²) >= 11 is 1.47. The molecule has 102 valence electrons. The number of hydrogen-bond donors (Lipinski definition) is 1. The first-order valence-corrected chi connectivity index (χ1v) is 7.03. The molecule has 0 spiro atoms. The van der Waals surface area contributed by atoms with Gasteiger partial charge in [0.2, 0.25) is 0 Å². The summed E-state index contributed by atoms with van der Waals surface area (Å²) in [6.07, 6.45) is -1.33. The lowest BCUT2D eigenvalue weighted by atomic mass is 10.1. The van der Waals surface area contributed by atoms with Gasteiger partial charge in [0, 0.05) is 0 Å². The molecule has 4 atom stereocenters. The van der Waals surface area contributed by atoms with Gasteiger partial charge in [-0.2, -0.15) is 5.26 Å². The number of aliphatic hydroxyl groups excluding tert-OH is 1. The number of aliphatic hydroxyl groups is 1. The van der Waals surface area contributed by atoms with Crippen LogP contribution in [0.4, 0.5) is 0 Å². The van der Waals surface area contributed by atoms with Crippen molar-refractivity contribution in [2.45, 2.75) is 44.1 Å². The van der Waals surface area contributed by atoms with E-state index in [0.29, 0.717) is 5.56 Å². The minimum atomic E-state index is -0.686. The number of fused-ring (bicyclic) bond motifs is 1.